The molecular formula is C44H56N10O4. The van der Waals surface area contributed by atoms with Gasteiger partial charge in [-0.15, -0.1) is 10.2 Å². The van der Waals surface area contributed by atoms with Crippen LogP contribution >= 0.6 is 0 Å². The van der Waals surface area contributed by atoms with Crippen LogP contribution in [0.25, 0.3) is 11.3 Å². The highest BCUT2D eigenvalue weighted by Gasteiger charge is 2.41. The molecule has 6 heterocycles. The summed E-state index contributed by atoms with van der Waals surface area (Å²) in [5.41, 5.74) is 5.88. The summed E-state index contributed by atoms with van der Waals surface area (Å²) >= 11 is 0. The molecule has 3 aliphatic heterocycles. The van der Waals surface area contributed by atoms with Gasteiger partial charge < -0.3 is 25.0 Å². The number of hydrogen-bond donors (Lipinski definition) is 3. The third-order valence-electron chi connectivity index (χ3n) is 12.3. The third kappa shape index (κ3) is 8.12. The van der Waals surface area contributed by atoms with Crippen molar-refractivity contribution < 1.29 is 19.4 Å². The number of amides is 2. The van der Waals surface area contributed by atoms with E-state index in [9.17, 15) is 4.79 Å². The van der Waals surface area contributed by atoms with Crippen molar-refractivity contribution in [1.29, 1.82) is 0 Å². The first-order chi connectivity index (χ1) is 28.0. The molecule has 2 aromatic carbocycles. The lowest BCUT2D eigenvalue weighted by Gasteiger charge is -2.33. The summed E-state index contributed by atoms with van der Waals surface area (Å²) in [6.45, 7) is 12.6. The molecule has 0 spiro atoms. The lowest BCUT2D eigenvalue weighted by atomic mass is 9.85. The van der Waals surface area contributed by atoms with Crippen LogP contribution in [0.5, 0.6) is 5.75 Å². The molecule has 0 radical (unpaired) electrons. The Labute approximate surface area is 340 Å². The van der Waals surface area contributed by atoms with E-state index < -0.39 is 0 Å². The van der Waals surface area contributed by atoms with Crippen LogP contribution in [0.4, 0.5) is 16.6 Å². The Bertz CT molecular complexity index is 2240. The van der Waals surface area contributed by atoms with Gasteiger partial charge in [0, 0.05) is 55.8 Å². The van der Waals surface area contributed by atoms with Gasteiger partial charge in [-0.1, -0.05) is 57.2 Å². The normalized spacial score (nSPS) is 23.3. The molecule has 3 N–H and O–H groups in total. The number of nitrogens with one attached hydrogen (secondary N) is 2. The molecule has 58 heavy (non-hydrogen) atoms. The molecule has 2 amide bonds. The van der Waals surface area contributed by atoms with E-state index in [0.717, 1.165) is 91.7 Å². The zero-order valence-electron chi connectivity index (χ0n) is 34.2. The van der Waals surface area contributed by atoms with Gasteiger partial charge in [-0.2, -0.15) is 5.10 Å². The average molecular weight is 789 g/mol. The van der Waals surface area contributed by atoms with Gasteiger partial charge in [0.15, 0.2) is 5.65 Å². The summed E-state index contributed by atoms with van der Waals surface area (Å²) in [5.74, 6) is 2.29. The first kappa shape index (κ1) is 39.4. The monoisotopic (exact) mass is 788 g/mol. The number of aromatic nitrogens is 5. The van der Waals surface area contributed by atoms with E-state index in [1.807, 2.05) is 41.2 Å². The number of fused-ring (bicyclic) bond motifs is 4. The lowest BCUT2D eigenvalue weighted by Crippen LogP contribution is -2.43. The topological polar surface area (TPSA) is 145 Å². The van der Waals surface area contributed by atoms with Crippen molar-refractivity contribution in [3.63, 3.8) is 0 Å². The number of rotatable bonds is 8. The maximum atomic E-state index is 13.9. The summed E-state index contributed by atoms with van der Waals surface area (Å²) in [6.07, 6.45) is 8.19. The molecule has 2 bridgehead atoms. The minimum absolute atomic E-state index is 0.150. The van der Waals surface area contributed by atoms with Crippen molar-refractivity contribution >= 4 is 29.9 Å². The van der Waals surface area contributed by atoms with E-state index in [-0.39, 0.29) is 30.1 Å². The fourth-order valence-electron chi connectivity index (χ4n) is 9.21. The molecule has 14 heteroatoms. The molecule has 1 aliphatic carbocycles. The van der Waals surface area contributed by atoms with E-state index in [1.54, 1.807) is 0 Å². The second-order valence-corrected chi connectivity index (χ2v) is 17.4. The number of carboxylic acid groups (broad SMARTS) is 1. The molecule has 5 atom stereocenters. The number of piperidine rings is 1. The number of piperazine rings is 1. The van der Waals surface area contributed by atoms with Crippen LogP contribution in [0.15, 0.2) is 72.9 Å². The predicted molar refractivity (Wildman–Crippen MR) is 224 cm³/mol. The minimum atomic E-state index is -0.258. The fraction of sp³-hybridized carbons (Fsp3) is 0.477. The number of pyridine rings is 1. The first-order valence-corrected chi connectivity index (χ1v) is 20.7. The van der Waals surface area contributed by atoms with E-state index in [0.29, 0.717) is 23.9 Å². The van der Waals surface area contributed by atoms with Crippen molar-refractivity contribution in [2.45, 2.75) is 108 Å². The smallest absolute Gasteiger partial charge is 0.320 e. The summed E-state index contributed by atoms with van der Waals surface area (Å²) in [5, 5.41) is 27.4. The van der Waals surface area contributed by atoms with Crippen LogP contribution in [0.1, 0.15) is 101 Å². The molecule has 0 saturated carbocycles. The Kier molecular flexibility index (Phi) is 11.1. The Morgan fingerprint density at radius 3 is 2.52 bits per heavy atom. The number of anilines is 2. The second-order valence-electron chi connectivity index (χ2n) is 17.4. The van der Waals surface area contributed by atoms with E-state index in [1.165, 1.54) is 18.4 Å². The van der Waals surface area contributed by atoms with Crippen molar-refractivity contribution in [2.75, 3.05) is 36.9 Å². The van der Waals surface area contributed by atoms with Crippen LogP contribution < -0.4 is 20.3 Å². The highest BCUT2D eigenvalue weighted by molar-refractivity contribution is 5.89. The number of benzene rings is 2. The number of urea groups is 1. The Hall–Kier alpha value is -5.47. The first-order valence-electron chi connectivity index (χ1n) is 20.7. The maximum Gasteiger partial charge on any atom is 0.320 e. The summed E-state index contributed by atoms with van der Waals surface area (Å²) in [6, 6.07) is 24.1. The van der Waals surface area contributed by atoms with E-state index >= 15 is 0 Å². The maximum absolute atomic E-state index is 13.9. The SMILES string of the molecule is C[C@H]1CCCCN1c1nnc2ccc(O[C@@H]3CC[C@H](NC(=O)Nc4cc(C(C)(C)C)nn4-c4cccc(CN5C[C@@H]6C[C@H]5CN6C)c4)c4ccccc43)cn12.O=CO. The van der Waals surface area contributed by atoms with Gasteiger partial charge in [-0.25, -0.2) is 9.48 Å². The van der Waals surface area contributed by atoms with Crippen LogP contribution in [0.2, 0.25) is 0 Å². The van der Waals surface area contributed by atoms with Gasteiger partial charge in [0.2, 0.25) is 5.95 Å². The zero-order chi connectivity index (χ0) is 40.6. The summed E-state index contributed by atoms with van der Waals surface area (Å²) in [4.78, 5) is 29.7. The zero-order valence-corrected chi connectivity index (χ0v) is 34.2. The molecule has 4 aliphatic rings. The molecule has 3 aromatic heterocycles. The Morgan fingerprint density at radius 1 is 0.966 bits per heavy atom. The summed E-state index contributed by atoms with van der Waals surface area (Å²) in [7, 11) is 2.24. The number of nitrogens with zero attached hydrogens (tertiary/aromatic N) is 8. The van der Waals surface area contributed by atoms with Crippen LogP contribution in [-0.4, -0.2) is 96.6 Å². The van der Waals surface area contributed by atoms with Crippen molar-refractivity contribution in [3.8, 4) is 11.4 Å². The van der Waals surface area contributed by atoms with Gasteiger partial charge in [0.1, 0.15) is 17.7 Å². The molecule has 9 rings (SSSR count). The van der Waals surface area contributed by atoms with E-state index in [4.69, 9.17) is 19.7 Å². The quantitative estimate of drug-likeness (QED) is 0.141. The van der Waals surface area contributed by atoms with Gasteiger partial charge in [0.25, 0.3) is 6.47 Å². The van der Waals surface area contributed by atoms with Crippen LogP contribution in [-0.2, 0) is 16.8 Å². The third-order valence-corrected chi connectivity index (χ3v) is 12.3. The molecule has 306 valence electrons. The van der Waals surface area contributed by atoms with Crippen molar-refractivity contribution in [2.24, 2.45) is 0 Å². The Balaban J connectivity index is 0.00000152. The van der Waals surface area contributed by atoms with E-state index in [2.05, 4.69) is 111 Å². The number of carbonyl (C=O) groups excluding carboxylic acids is 1. The fourth-order valence-corrected chi connectivity index (χ4v) is 9.21. The van der Waals surface area contributed by atoms with Gasteiger partial charge in [-0.05, 0) is 93.5 Å². The molecule has 3 saturated heterocycles. The number of carbonyl (C=O) groups is 2. The summed E-state index contributed by atoms with van der Waals surface area (Å²) < 4.78 is 10.7. The largest absolute Gasteiger partial charge is 0.484 e. The molecule has 14 nitrogen and oxygen atoms in total. The minimum Gasteiger partial charge on any atom is -0.484 e. The van der Waals surface area contributed by atoms with Crippen molar-refractivity contribution in [3.05, 3.63) is 95.3 Å². The number of likely N-dealkylation sites (N-methyl/N-ethyl adjacent to an activating group) is 1. The van der Waals surface area contributed by atoms with Gasteiger partial charge >= 0.3 is 6.03 Å². The highest BCUT2D eigenvalue weighted by Crippen LogP contribution is 2.39. The second kappa shape index (κ2) is 16.4. The standard InChI is InChI=1S/C43H54N10O2.CH2O2/c1-28-11-8-9-20-51(28)42-47-46-39-19-16-33(27-52(39)42)55-37-18-17-36(34-14-6-7-15-35(34)37)44-41(54)45-40-23-38(43(2,3)4)48-53(40)30-13-10-12-29(21-30)24-50-26-31-22-32(50)25-49(31)5;2-1-3/h6-7,10,12-16,19,21,23,27-28,31-32,36-37H,8-9,11,17-18,20,22,24-26H2,1-5H3,(H2,44,45,54);1H,(H,2,3)/t28-,31-,32-,36-,37+;/m0./s1. The lowest BCUT2D eigenvalue weighted by molar-refractivity contribution is -0.122. The van der Waals surface area contributed by atoms with Crippen molar-refractivity contribution in [1.82, 2.24) is 39.5 Å². The van der Waals surface area contributed by atoms with Crippen LogP contribution in [0.3, 0.4) is 0 Å². The molecular weight excluding hydrogens is 733 g/mol. The Morgan fingerprint density at radius 2 is 1.78 bits per heavy atom. The molecule has 5 aromatic rings. The number of hydrogen-bond acceptors (Lipinski definition) is 9. The predicted octanol–water partition coefficient (Wildman–Crippen LogP) is 6.96. The number of likely N-dealkylation sites (tertiary alicyclic amines) is 2. The highest BCUT2D eigenvalue weighted by atomic mass is 16.5. The average Bonchev–Trinajstić information content (AvgIpc) is 4.00. The van der Waals surface area contributed by atoms with Crippen LogP contribution in [0, 0.1) is 0 Å². The molecule has 0 unspecified atom stereocenters. The molecule has 3 fully saturated rings. The number of ether oxygens (including phenoxy) is 1. The van der Waals surface area contributed by atoms with Gasteiger partial charge in [0.05, 0.1) is 23.6 Å². The van der Waals surface area contributed by atoms with Gasteiger partial charge in [-0.3, -0.25) is 19.4 Å².